The predicted molar refractivity (Wildman–Crippen MR) is 289 cm³/mol. The fraction of sp³-hybridized carbons (Fsp3) is 0.607. The zero-order valence-corrected chi connectivity index (χ0v) is 47.4. The second-order valence-electron chi connectivity index (χ2n) is 23.3. The molecule has 4 bridgehead atoms. The molecule has 4 atom stereocenters. The molecule has 416 valence electrons. The molecule has 3 amide bonds. The largest absolute Gasteiger partial charge is 0.481 e. The SMILES string of the molecule is CC(C)(C)OC(=O)N1C2CCC1CC(CC(=O)O)C2.Cc1nn(Cc2ccc(Cl)cc2F)c2c1CCN(C(=O)CC1CC3CCC(C1)N3C(=O)OC(C)(C)C)C2.Cc1nn(Cc2ccc(Cl)cc2F)c2c1CCNC2.Cl. The van der Waals surface area contributed by atoms with E-state index in [-0.39, 0.29) is 84.6 Å². The second-order valence-corrected chi connectivity index (χ2v) is 24.2. The molecular formula is C56H75Cl3F2N8O7. The number of carboxylic acids is 1. The minimum Gasteiger partial charge on any atom is -0.481 e. The van der Waals surface area contributed by atoms with Crippen LogP contribution in [0.15, 0.2) is 36.4 Å². The van der Waals surface area contributed by atoms with Crippen LogP contribution in [0.1, 0.15) is 151 Å². The van der Waals surface area contributed by atoms with E-state index in [0.717, 1.165) is 106 Å². The van der Waals surface area contributed by atoms with E-state index in [1.165, 1.54) is 17.7 Å². The van der Waals surface area contributed by atoms with Crippen LogP contribution in [0.4, 0.5) is 18.4 Å². The van der Waals surface area contributed by atoms with Gasteiger partial charge in [0.15, 0.2) is 0 Å². The molecule has 8 heterocycles. The molecule has 2 aromatic carbocycles. The maximum atomic E-state index is 14.4. The zero-order chi connectivity index (χ0) is 54.1. The molecule has 15 nitrogen and oxygen atoms in total. The van der Waals surface area contributed by atoms with E-state index in [0.29, 0.717) is 53.8 Å². The van der Waals surface area contributed by atoms with E-state index in [4.69, 9.17) is 37.8 Å². The minimum atomic E-state index is -0.741. The van der Waals surface area contributed by atoms with Gasteiger partial charge in [0.2, 0.25) is 5.91 Å². The Morgan fingerprint density at radius 3 is 1.55 bits per heavy atom. The molecule has 4 aromatic rings. The molecule has 2 aromatic heterocycles. The van der Waals surface area contributed by atoms with Gasteiger partial charge in [0.1, 0.15) is 22.8 Å². The summed E-state index contributed by atoms with van der Waals surface area (Å²) in [6.07, 6.45) is 9.14. The Morgan fingerprint density at radius 2 is 1.12 bits per heavy atom. The number of benzene rings is 2. The van der Waals surface area contributed by atoms with E-state index >= 15 is 0 Å². The molecule has 4 fully saturated rings. The van der Waals surface area contributed by atoms with Crippen LogP contribution < -0.4 is 5.32 Å². The lowest BCUT2D eigenvalue weighted by Gasteiger charge is -2.40. The van der Waals surface area contributed by atoms with Gasteiger partial charge < -0.3 is 34.6 Å². The Bertz CT molecular complexity index is 2730. The summed E-state index contributed by atoms with van der Waals surface area (Å²) < 4.78 is 43.1. The van der Waals surface area contributed by atoms with Crippen molar-refractivity contribution in [1.29, 1.82) is 0 Å². The number of halogens is 5. The third-order valence-corrected chi connectivity index (χ3v) is 15.8. The first-order valence-electron chi connectivity index (χ1n) is 26.6. The first-order valence-corrected chi connectivity index (χ1v) is 27.4. The molecule has 0 radical (unpaired) electrons. The lowest BCUT2D eigenvalue weighted by Crippen LogP contribution is -2.49. The van der Waals surface area contributed by atoms with Gasteiger partial charge in [-0.05, 0) is 173 Å². The molecule has 6 aliphatic heterocycles. The molecule has 0 spiro atoms. The lowest BCUT2D eigenvalue weighted by molar-refractivity contribution is -0.138. The van der Waals surface area contributed by atoms with Crippen molar-refractivity contribution in [3.05, 3.63) is 103 Å². The number of aliphatic carboxylic acids is 1. The van der Waals surface area contributed by atoms with Gasteiger partial charge >= 0.3 is 18.2 Å². The molecule has 6 aliphatic rings. The van der Waals surface area contributed by atoms with Gasteiger partial charge in [0.05, 0.1) is 42.4 Å². The first-order chi connectivity index (χ1) is 35.4. The number of rotatable bonds is 8. The highest BCUT2D eigenvalue weighted by atomic mass is 35.5. The number of hydrogen-bond acceptors (Lipinski definition) is 9. The molecule has 20 heteroatoms. The van der Waals surface area contributed by atoms with Crippen molar-refractivity contribution >= 4 is 59.7 Å². The molecule has 2 N–H and O–H groups in total. The van der Waals surface area contributed by atoms with Gasteiger partial charge in [-0.15, -0.1) is 12.4 Å². The van der Waals surface area contributed by atoms with Crippen molar-refractivity contribution in [2.75, 3.05) is 13.1 Å². The third kappa shape index (κ3) is 14.4. The lowest BCUT2D eigenvalue weighted by atomic mass is 9.87. The summed E-state index contributed by atoms with van der Waals surface area (Å²) >= 11 is 11.7. The number of carbonyl (C=O) groups excluding carboxylic acids is 3. The van der Waals surface area contributed by atoms with Gasteiger partial charge in [-0.3, -0.25) is 19.0 Å². The highest BCUT2D eigenvalue weighted by molar-refractivity contribution is 6.30. The standard InChI is InChI=1S/C28H36ClFN4O3.C14H15ClFN3.C14H23NO4.ClH/c1-17-23-9-10-32(16-25(23)33(31-17)15-19-5-6-20(29)14-24(19)30)26(35)13-18-11-21-7-8-22(12-18)34(21)27(36)37-28(2,3)4;1-9-12-4-5-17-7-14(12)19(18-9)8-10-2-3-11(15)6-13(10)16;1-14(2,3)19-13(18)15-10-4-5-11(15)7-9(6-10)8-12(16)17;/h5-6,14,18,21-22H,7-13,15-16H2,1-4H3;2-3,6,17H,4-5,7-8H2,1H3;9-11H,4-8H2,1-3H3,(H,16,17);1H. The Balaban J connectivity index is 0.000000181. The van der Waals surface area contributed by atoms with Crippen LogP contribution in [-0.4, -0.2) is 112 Å². The molecule has 0 aliphatic carbocycles. The van der Waals surface area contributed by atoms with E-state index < -0.39 is 17.2 Å². The van der Waals surface area contributed by atoms with Crippen molar-refractivity contribution in [3.8, 4) is 0 Å². The first kappa shape index (κ1) is 58.7. The van der Waals surface area contributed by atoms with Crippen LogP contribution in [0.5, 0.6) is 0 Å². The van der Waals surface area contributed by atoms with Crippen LogP contribution in [-0.2, 0) is 58.1 Å². The van der Waals surface area contributed by atoms with Crippen LogP contribution >= 0.6 is 35.6 Å². The Labute approximate surface area is 461 Å². The van der Waals surface area contributed by atoms with Crippen molar-refractivity contribution in [2.24, 2.45) is 11.8 Å². The average Bonchev–Trinajstić information content (AvgIpc) is 4.00. The molecule has 76 heavy (non-hydrogen) atoms. The van der Waals surface area contributed by atoms with E-state index in [1.807, 2.05) is 79.5 Å². The summed E-state index contributed by atoms with van der Waals surface area (Å²) in [4.78, 5) is 54.8. The minimum absolute atomic E-state index is 0. The van der Waals surface area contributed by atoms with Crippen LogP contribution in [0.2, 0.25) is 10.0 Å². The summed E-state index contributed by atoms with van der Waals surface area (Å²) in [5, 5.41) is 22.2. The van der Waals surface area contributed by atoms with Gasteiger partial charge in [0.25, 0.3) is 0 Å². The molecular weight excluding hydrogens is 1040 g/mol. The Kier molecular flexibility index (Phi) is 18.8. The summed E-state index contributed by atoms with van der Waals surface area (Å²) in [7, 11) is 0. The fourth-order valence-electron chi connectivity index (χ4n) is 12.1. The van der Waals surface area contributed by atoms with Crippen LogP contribution in [0.3, 0.4) is 0 Å². The smallest absolute Gasteiger partial charge is 0.410 e. The summed E-state index contributed by atoms with van der Waals surface area (Å²) in [5.41, 5.74) is 6.72. The summed E-state index contributed by atoms with van der Waals surface area (Å²) in [5.74, 6) is -0.767. The Morgan fingerprint density at radius 1 is 0.684 bits per heavy atom. The maximum absolute atomic E-state index is 14.4. The topological polar surface area (TPSA) is 164 Å². The number of amides is 3. The number of aryl methyl sites for hydroxylation is 2. The predicted octanol–water partition coefficient (Wildman–Crippen LogP) is 11.2. The van der Waals surface area contributed by atoms with Crippen LogP contribution in [0, 0.1) is 37.3 Å². The number of fused-ring (bicyclic) bond motifs is 6. The van der Waals surface area contributed by atoms with Crippen molar-refractivity contribution in [1.82, 2.24) is 39.6 Å². The summed E-state index contributed by atoms with van der Waals surface area (Å²) in [6.45, 7) is 18.9. The average molecular weight is 1120 g/mol. The number of ether oxygens (including phenoxy) is 2. The maximum Gasteiger partial charge on any atom is 0.410 e. The zero-order valence-electron chi connectivity index (χ0n) is 45.1. The highest BCUT2D eigenvalue weighted by Gasteiger charge is 2.47. The number of hydrogen-bond donors (Lipinski definition) is 2. The molecule has 10 rings (SSSR count). The van der Waals surface area contributed by atoms with Crippen molar-refractivity contribution < 1.29 is 42.5 Å². The number of carboxylic acid groups (broad SMARTS) is 1. The second kappa shape index (κ2) is 24.4. The highest BCUT2D eigenvalue weighted by Crippen LogP contribution is 2.42. The van der Waals surface area contributed by atoms with Gasteiger partial charge in [-0.1, -0.05) is 35.3 Å². The van der Waals surface area contributed by atoms with E-state index in [2.05, 4.69) is 15.5 Å². The molecule has 4 unspecified atom stereocenters. The summed E-state index contributed by atoms with van der Waals surface area (Å²) in [6, 6.07) is 10.1. The van der Waals surface area contributed by atoms with Crippen LogP contribution in [0.25, 0.3) is 0 Å². The van der Waals surface area contributed by atoms with E-state index in [9.17, 15) is 28.0 Å². The Hall–Kier alpha value is -4.97. The third-order valence-electron chi connectivity index (χ3n) is 15.4. The number of carbonyl (C=O) groups is 4. The van der Waals surface area contributed by atoms with Gasteiger partial charge in [0, 0.05) is 71.3 Å². The van der Waals surface area contributed by atoms with Gasteiger partial charge in [-0.25, -0.2) is 18.4 Å². The number of piperidine rings is 2. The quantitative estimate of drug-likeness (QED) is 0.174. The van der Waals surface area contributed by atoms with Crippen molar-refractivity contribution in [2.45, 2.75) is 194 Å². The number of aromatic nitrogens is 4. The van der Waals surface area contributed by atoms with Gasteiger partial charge in [-0.2, -0.15) is 10.2 Å². The van der Waals surface area contributed by atoms with E-state index in [1.54, 1.807) is 24.3 Å². The van der Waals surface area contributed by atoms with Crippen molar-refractivity contribution in [3.63, 3.8) is 0 Å². The number of nitrogens with one attached hydrogen (secondary N) is 1. The fourth-order valence-corrected chi connectivity index (χ4v) is 12.5. The normalized spacial score (nSPS) is 22.5. The molecule has 4 saturated heterocycles. The monoisotopic (exact) mass is 1110 g/mol. The number of nitrogens with zero attached hydrogens (tertiary/aromatic N) is 7. The molecule has 0 saturated carbocycles.